The fourth-order valence-electron chi connectivity index (χ4n) is 2.62. The van der Waals surface area contributed by atoms with Crippen molar-refractivity contribution in [1.82, 2.24) is 9.97 Å². The minimum Gasteiger partial charge on any atom is -0.393 e. The Morgan fingerprint density at radius 3 is 3.00 bits per heavy atom. The van der Waals surface area contributed by atoms with E-state index >= 15 is 0 Å². The van der Waals surface area contributed by atoms with E-state index in [-0.39, 0.29) is 6.10 Å². The predicted molar refractivity (Wildman–Crippen MR) is 72.5 cm³/mol. The van der Waals surface area contributed by atoms with Gasteiger partial charge in [0.25, 0.3) is 0 Å². The molecule has 1 saturated carbocycles. The van der Waals surface area contributed by atoms with Crippen LogP contribution >= 0.6 is 0 Å². The molecular formula is C14H23N3O. The van der Waals surface area contributed by atoms with Crippen LogP contribution in [0.3, 0.4) is 0 Å². The quantitative estimate of drug-likeness (QED) is 0.787. The lowest BCUT2D eigenvalue weighted by Crippen LogP contribution is -2.24. The summed E-state index contributed by atoms with van der Waals surface area (Å²) in [5.74, 6) is 1.21. The molecule has 1 aliphatic rings. The Hall–Kier alpha value is -1.16. The van der Waals surface area contributed by atoms with E-state index in [1.807, 2.05) is 13.0 Å². The number of aromatic nitrogens is 2. The highest BCUT2D eigenvalue weighted by atomic mass is 16.3. The highest BCUT2D eigenvalue weighted by molar-refractivity contribution is 5.24. The van der Waals surface area contributed by atoms with E-state index < -0.39 is 0 Å². The normalized spacial score (nSPS) is 23.9. The van der Waals surface area contributed by atoms with Crippen LogP contribution in [0.2, 0.25) is 0 Å². The highest BCUT2D eigenvalue weighted by Gasteiger charge is 2.22. The van der Waals surface area contributed by atoms with Crippen LogP contribution in [0.25, 0.3) is 0 Å². The third-order valence-electron chi connectivity index (χ3n) is 3.70. The molecule has 100 valence electrons. The first-order chi connectivity index (χ1) is 8.75. The second-order valence-corrected chi connectivity index (χ2v) is 5.20. The maximum absolute atomic E-state index is 9.88. The van der Waals surface area contributed by atoms with E-state index in [9.17, 15) is 5.11 Å². The van der Waals surface area contributed by atoms with Gasteiger partial charge >= 0.3 is 0 Å². The van der Waals surface area contributed by atoms with E-state index in [0.29, 0.717) is 11.9 Å². The first-order valence-corrected chi connectivity index (χ1v) is 6.97. The summed E-state index contributed by atoms with van der Waals surface area (Å²) in [6.45, 7) is 2.85. The monoisotopic (exact) mass is 249 g/mol. The summed E-state index contributed by atoms with van der Waals surface area (Å²) in [5, 5.41) is 13.1. The third-order valence-corrected chi connectivity index (χ3v) is 3.70. The minimum absolute atomic E-state index is 0.0750. The van der Waals surface area contributed by atoms with Gasteiger partial charge in [-0.1, -0.05) is 12.8 Å². The Kier molecular flexibility index (Phi) is 4.93. The molecule has 1 aromatic rings. The molecule has 0 saturated heterocycles. The minimum atomic E-state index is -0.0750. The summed E-state index contributed by atoms with van der Waals surface area (Å²) in [6, 6.07) is 1.89. The zero-order valence-electron chi connectivity index (χ0n) is 11.1. The fraction of sp³-hybridized carbons (Fsp3) is 0.714. The van der Waals surface area contributed by atoms with Crippen LogP contribution in [-0.2, 0) is 0 Å². The molecule has 18 heavy (non-hydrogen) atoms. The van der Waals surface area contributed by atoms with Crippen molar-refractivity contribution in [3.05, 3.63) is 18.0 Å². The standard InChI is InChI=1S/C14H23N3O/c1-11-8-10-16-14(17-11)15-9-4-6-12-5-2-3-7-13(12)18/h8,10,12-13,18H,2-7,9H2,1H3,(H,15,16,17). The Labute approximate surface area is 109 Å². The van der Waals surface area contributed by atoms with Crippen LogP contribution in [0, 0.1) is 12.8 Å². The number of hydrogen-bond donors (Lipinski definition) is 2. The van der Waals surface area contributed by atoms with Crippen molar-refractivity contribution in [2.24, 2.45) is 5.92 Å². The van der Waals surface area contributed by atoms with Gasteiger partial charge in [-0.3, -0.25) is 0 Å². The van der Waals surface area contributed by atoms with Crippen LogP contribution in [0.1, 0.15) is 44.2 Å². The van der Waals surface area contributed by atoms with E-state index in [0.717, 1.165) is 31.5 Å². The Morgan fingerprint density at radius 1 is 1.39 bits per heavy atom. The van der Waals surface area contributed by atoms with Gasteiger partial charge < -0.3 is 10.4 Å². The molecule has 4 nitrogen and oxygen atoms in total. The average molecular weight is 249 g/mol. The Bertz CT molecular complexity index is 370. The summed E-state index contributed by atoms with van der Waals surface area (Å²) < 4.78 is 0. The topological polar surface area (TPSA) is 58.0 Å². The molecule has 1 heterocycles. The number of nitrogens with zero attached hydrogens (tertiary/aromatic N) is 2. The Morgan fingerprint density at radius 2 is 2.22 bits per heavy atom. The van der Waals surface area contributed by atoms with Crippen LogP contribution in [0.15, 0.2) is 12.3 Å². The molecule has 1 aromatic heterocycles. The molecule has 0 radical (unpaired) electrons. The van der Waals surface area contributed by atoms with Gasteiger partial charge in [-0.15, -0.1) is 0 Å². The van der Waals surface area contributed by atoms with Gasteiger partial charge in [0.2, 0.25) is 5.95 Å². The Balaban J connectivity index is 1.66. The number of aliphatic hydroxyl groups is 1. The summed E-state index contributed by atoms with van der Waals surface area (Å²) in [5.41, 5.74) is 0.982. The van der Waals surface area contributed by atoms with Gasteiger partial charge in [0.15, 0.2) is 0 Å². The van der Waals surface area contributed by atoms with Crippen molar-refractivity contribution in [2.45, 2.75) is 51.6 Å². The molecule has 1 aliphatic carbocycles. The first-order valence-electron chi connectivity index (χ1n) is 6.97. The van der Waals surface area contributed by atoms with Gasteiger partial charge in [-0.2, -0.15) is 0 Å². The smallest absolute Gasteiger partial charge is 0.222 e. The van der Waals surface area contributed by atoms with Crippen molar-refractivity contribution >= 4 is 5.95 Å². The van der Waals surface area contributed by atoms with Gasteiger partial charge in [0.1, 0.15) is 0 Å². The van der Waals surface area contributed by atoms with E-state index in [2.05, 4.69) is 15.3 Å². The highest BCUT2D eigenvalue weighted by Crippen LogP contribution is 2.27. The number of anilines is 1. The zero-order valence-corrected chi connectivity index (χ0v) is 11.1. The predicted octanol–water partition coefficient (Wildman–Crippen LogP) is 2.53. The number of aryl methyl sites for hydroxylation is 1. The second kappa shape index (κ2) is 6.69. The first kappa shape index (κ1) is 13.3. The maximum Gasteiger partial charge on any atom is 0.222 e. The maximum atomic E-state index is 9.88. The molecular weight excluding hydrogens is 226 g/mol. The summed E-state index contributed by atoms with van der Waals surface area (Å²) in [4.78, 5) is 8.47. The number of nitrogens with one attached hydrogen (secondary N) is 1. The molecule has 1 fully saturated rings. The largest absolute Gasteiger partial charge is 0.393 e. The van der Waals surface area contributed by atoms with Crippen molar-refractivity contribution in [3.63, 3.8) is 0 Å². The van der Waals surface area contributed by atoms with E-state index in [4.69, 9.17) is 0 Å². The third kappa shape index (κ3) is 3.95. The second-order valence-electron chi connectivity index (χ2n) is 5.20. The van der Waals surface area contributed by atoms with Gasteiger partial charge in [0.05, 0.1) is 6.10 Å². The molecule has 2 unspecified atom stereocenters. The molecule has 2 atom stereocenters. The van der Waals surface area contributed by atoms with Gasteiger partial charge in [-0.05, 0) is 44.6 Å². The van der Waals surface area contributed by atoms with Crippen LogP contribution < -0.4 is 5.32 Å². The molecule has 4 heteroatoms. The molecule has 0 spiro atoms. The van der Waals surface area contributed by atoms with Crippen LogP contribution in [-0.4, -0.2) is 27.7 Å². The molecule has 2 rings (SSSR count). The molecule has 0 aliphatic heterocycles. The SMILES string of the molecule is Cc1ccnc(NCCCC2CCCCC2O)n1. The van der Waals surface area contributed by atoms with Gasteiger partial charge in [0, 0.05) is 18.4 Å². The summed E-state index contributed by atoms with van der Waals surface area (Å²) in [7, 11) is 0. The van der Waals surface area contributed by atoms with Crippen LogP contribution in [0.5, 0.6) is 0 Å². The fourth-order valence-corrected chi connectivity index (χ4v) is 2.62. The zero-order chi connectivity index (χ0) is 12.8. The molecule has 0 amide bonds. The van der Waals surface area contributed by atoms with E-state index in [1.54, 1.807) is 6.20 Å². The van der Waals surface area contributed by atoms with Crippen molar-refractivity contribution in [3.8, 4) is 0 Å². The van der Waals surface area contributed by atoms with Crippen molar-refractivity contribution in [1.29, 1.82) is 0 Å². The number of rotatable bonds is 5. The molecule has 0 aromatic carbocycles. The lowest BCUT2D eigenvalue weighted by Gasteiger charge is -2.27. The molecule has 0 bridgehead atoms. The summed E-state index contributed by atoms with van der Waals surface area (Å²) >= 11 is 0. The lowest BCUT2D eigenvalue weighted by atomic mass is 9.83. The van der Waals surface area contributed by atoms with Crippen molar-refractivity contribution < 1.29 is 5.11 Å². The van der Waals surface area contributed by atoms with Gasteiger partial charge in [-0.25, -0.2) is 9.97 Å². The van der Waals surface area contributed by atoms with Crippen LogP contribution in [0.4, 0.5) is 5.95 Å². The average Bonchev–Trinajstić information content (AvgIpc) is 2.37. The summed E-state index contributed by atoms with van der Waals surface area (Å²) in [6.07, 6.45) is 8.49. The lowest BCUT2D eigenvalue weighted by molar-refractivity contribution is 0.0648. The molecule has 2 N–H and O–H groups in total. The number of hydrogen-bond acceptors (Lipinski definition) is 4. The van der Waals surface area contributed by atoms with E-state index in [1.165, 1.54) is 19.3 Å². The number of aliphatic hydroxyl groups excluding tert-OH is 1. The van der Waals surface area contributed by atoms with Crippen molar-refractivity contribution in [2.75, 3.05) is 11.9 Å².